The fourth-order valence-electron chi connectivity index (χ4n) is 3.77. The smallest absolute Gasteiger partial charge is 0.333 e. The number of thiophene rings is 1. The molecule has 146 valence electrons. The maximum absolute atomic E-state index is 13.1. The van der Waals surface area contributed by atoms with Crippen LogP contribution in [-0.4, -0.2) is 22.9 Å². The van der Waals surface area contributed by atoms with Crippen LogP contribution in [0.3, 0.4) is 0 Å². The van der Waals surface area contributed by atoms with E-state index in [0.29, 0.717) is 15.3 Å². The van der Waals surface area contributed by atoms with Crippen LogP contribution in [-0.2, 0) is 6.18 Å². The van der Waals surface area contributed by atoms with Gasteiger partial charge in [0.2, 0.25) is 0 Å². The van der Waals surface area contributed by atoms with Crippen molar-refractivity contribution in [2.24, 2.45) is 0 Å². The topological polar surface area (TPSA) is 20.3 Å². The van der Waals surface area contributed by atoms with E-state index in [9.17, 15) is 18.0 Å². The van der Waals surface area contributed by atoms with Gasteiger partial charge in [0, 0.05) is 17.0 Å². The number of rotatable bonds is 4. The number of carbonyl (C=O) groups is 1. The Hall–Kier alpha value is -1.82. The summed E-state index contributed by atoms with van der Waals surface area (Å²) in [6, 6.07) is 9.09. The summed E-state index contributed by atoms with van der Waals surface area (Å²) in [6.07, 6.45) is 1.17. The molecule has 0 bridgehead atoms. The van der Waals surface area contributed by atoms with Crippen molar-refractivity contribution < 1.29 is 18.0 Å². The molecule has 1 aliphatic carbocycles. The van der Waals surface area contributed by atoms with Crippen LogP contribution in [0.15, 0.2) is 36.4 Å². The minimum atomic E-state index is -4.37. The van der Waals surface area contributed by atoms with Gasteiger partial charge in [-0.3, -0.25) is 4.79 Å². The van der Waals surface area contributed by atoms with Gasteiger partial charge in [-0.2, -0.15) is 13.2 Å². The molecule has 0 unspecified atom stereocenters. The normalized spacial score (nSPS) is 15.9. The molecule has 1 fully saturated rings. The van der Waals surface area contributed by atoms with Crippen LogP contribution in [0, 0.1) is 0 Å². The number of hydrogen-bond acceptors (Lipinski definition) is 2. The van der Waals surface area contributed by atoms with Gasteiger partial charge >= 0.3 is 6.18 Å². The Morgan fingerprint density at radius 3 is 2.44 bits per heavy atom. The van der Waals surface area contributed by atoms with E-state index in [4.69, 9.17) is 0 Å². The first-order chi connectivity index (χ1) is 12.8. The van der Waals surface area contributed by atoms with Crippen molar-refractivity contribution >= 4 is 17.2 Å². The highest BCUT2D eigenvalue weighted by Gasteiger charge is 2.31. The van der Waals surface area contributed by atoms with Gasteiger partial charge < -0.3 is 4.90 Å². The van der Waals surface area contributed by atoms with E-state index in [1.807, 2.05) is 18.7 Å². The van der Waals surface area contributed by atoms with Crippen molar-refractivity contribution in [2.75, 3.05) is 0 Å². The van der Waals surface area contributed by atoms with Crippen molar-refractivity contribution in [3.05, 3.63) is 46.8 Å². The maximum atomic E-state index is 13.1. The van der Waals surface area contributed by atoms with Crippen LogP contribution in [0.5, 0.6) is 0 Å². The van der Waals surface area contributed by atoms with E-state index in [-0.39, 0.29) is 18.0 Å². The Morgan fingerprint density at radius 1 is 1.11 bits per heavy atom. The summed E-state index contributed by atoms with van der Waals surface area (Å²) in [4.78, 5) is 16.3. The van der Waals surface area contributed by atoms with E-state index in [1.54, 1.807) is 18.2 Å². The molecule has 1 amide bonds. The molecule has 1 heterocycles. The first-order valence-electron chi connectivity index (χ1n) is 9.37. The van der Waals surface area contributed by atoms with Crippen LogP contribution < -0.4 is 0 Å². The predicted molar refractivity (Wildman–Crippen MR) is 103 cm³/mol. The summed E-state index contributed by atoms with van der Waals surface area (Å²) >= 11 is 1.26. The number of amides is 1. The second kappa shape index (κ2) is 8.05. The number of benzene rings is 1. The van der Waals surface area contributed by atoms with Gasteiger partial charge in [0.1, 0.15) is 0 Å². The molecule has 27 heavy (non-hydrogen) atoms. The molecule has 1 aliphatic rings. The van der Waals surface area contributed by atoms with Gasteiger partial charge in [-0.25, -0.2) is 0 Å². The summed E-state index contributed by atoms with van der Waals surface area (Å²) < 4.78 is 38.9. The van der Waals surface area contributed by atoms with Crippen molar-refractivity contribution in [3.8, 4) is 10.4 Å². The number of nitrogens with zero attached hydrogens (tertiary/aromatic N) is 1. The molecule has 3 rings (SSSR count). The van der Waals surface area contributed by atoms with Gasteiger partial charge in [-0.15, -0.1) is 11.3 Å². The lowest BCUT2D eigenvalue weighted by Gasteiger charge is -2.37. The van der Waals surface area contributed by atoms with Crippen molar-refractivity contribution in [1.29, 1.82) is 0 Å². The van der Waals surface area contributed by atoms with Gasteiger partial charge in [0.05, 0.1) is 10.4 Å². The van der Waals surface area contributed by atoms with Crippen LogP contribution in [0.1, 0.15) is 61.2 Å². The largest absolute Gasteiger partial charge is 0.416 e. The highest BCUT2D eigenvalue weighted by atomic mass is 32.1. The predicted octanol–water partition coefficient (Wildman–Crippen LogP) is 6.62. The third-order valence-corrected chi connectivity index (χ3v) is 6.17. The zero-order chi connectivity index (χ0) is 19.6. The standard InChI is InChI=1S/C21H24F3NOS/c1-14(2)25(17-9-4-3-5-10-17)20(26)19-12-11-18(27-19)15-7-6-8-16(13-15)21(22,23)24/h6-8,11-14,17H,3-5,9-10H2,1-2H3. The monoisotopic (exact) mass is 395 g/mol. The molecule has 0 atom stereocenters. The average molecular weight is 395 g/mol. The summed E-state index contributed by atoms with van der Waals surface area (Å²) in [5, 5.41) is 0. The lowest BCUT2D eigenvalue weighted by atomic mass is 9.93. The van der Waals surface area contributed by atoms with E-state index >= 15 is 0 Å². The van der Waals surface area contributed by atoms with Crippen molar-refractivity contribution in [2.45, 2.75) is 64.2 Å². The molecule has 1 aromatic carbocycles. The molecular formula is C21H24F3NOS. The highest BCUT2D eigenvalue weighted by Crippen LogP contribution is 2.35. The molecule has 2 aromatic rings. The van der Waals surface area contributed by atoms with Crippen LogP contribution in [0.25, 0.3) is 10.4 Å². The van der Waals surface area contributed by atoms with E-state index in [0.717, 1.165) is 37.8 Å². The molecule has 1 saturated carbocycles. The SMILES string of the molecule is CC(C)N(C(=O)c1ccc(-c2cccc(C(F)(F)F)c2)s1)C1CCCCC1. The van der Waals surface area contributed by atoms with E-state index in [1.165, 1.54) is 23.8 Å². The summed E-state index contributed by atoms with van der Waals surface area (Å²) in [6.45, 7) is 4.04. The Kier molecular flexibility index (Phi) is 5.94. The average Bonchev–Trinajstić information content (AvgIpc) is 3.12. The second-order valence-electron chi connectivity index (χ2n) is 7.34. The fraction of sp³-hybridized carbons (Fsp3) is 0.476. The molecule has 0 spiro atoms. The fourth-order valence-corrected chi connectivity index (χ4v) is 4.71. The summed E-state index contributed by atoms with van der Waals surface area (Å²) in [7, 11) is 0. The minimum Gasteiger partial charge on any atom is -0.333 e. The molecular weight excluding hydrogens is 371 g/mol. The molecule has 0 aliphatic heterocycles. The van der Waals surface area contributed by atoms with Gasteiger partial charge in [0.15, 0.2) is 0 Å². The molecule has 0 radical (unpaired) electrons. The minimum absolute atomic E-state index is 0.0138. The van der Waals surface area contributed by atoms with E-state index in [2.05, 4.69) is 0 Å². The molecule has 0 saturated heterocycles. The molecule has 0 N–H and O–H groups in total. The van der Waals surface area contributed by atoms with Crippen molar-refractivity contribution in [3.63, 3.8) is 0 Å². The summed E-state index contributed by atoms with van der Waals surface area (Å²) in [5.41, 5.74) is -0.185. The van der Waals surface area contributed by atoms with Crippen LogP contribution in [0.2, 0.25) is 0 Å². The molecule has 6 heteroatoms. The lowest BCUT2D eigenvalue weighted by Crippen LogP contribution is -2.45. The lowest BCUT2D eigenvalue weighted by molar-refractivity contribution is -0.137. The highest BCUT2D eigenvalue weighted by molar-refractivity contribution is 7.17. The molecule has 1 aromatic heterocycles. The first-order valence-corrected chi connectivity index (χ1v) is 10.2. The Labute approximate surface area is 162 Å². The number of carbonyl (C=O) groups excluding carboxylic acids is 1. The third kappa shape index (κ3) is 4.54. The number of halogens is 3. The second-order valence-corrected chi connectivity index (χ2v) is 8.42. The maximum Gasteiger partial charge on any atom is 0.416 e. The Morgan fingerprint density at radius 2 is 1.81 bits per heavy atom. The van der Waals surface area contributed by atoms with E-state index < -0.39 is 11.7 Å². The summed E-state index contributed by atoms with van der Waals surface area (Å²) in [5.74, 6) is -0.0138. The zero-order valence-electron chi connectivity index (χ0n) is 15.6. The van der Waals surface area contributed by atoms with Gasteiger partial charge in [-0.1, -0.05) is 31.4 Å². The number of alkyl halides is 3. The van der Waals surface area contributed by atoms with Gasteiger partial charge in [-0.05, 0) is 56.5 Å². The third-order valence-electron chi connectivity index (χ3n) is 5.05. The van der Waals surface area contributed by atoms with Crippen LogP contribution in [0.4, 0.5) is 13.2 Å². The Bertz CT molecular complexity index is 791. The number of hydrogen-bond donors (Lipinski definition) is 0. The van der Waals surface area contributed by atoms with Crippen molar-refractivity contribution in [1.82, 2.24) is 4.90 Å². The van der Waals surface area contributed by atoms with Gasteiger partial charge in [0.25, 0.3) is 5.91 Å². The zero-order valence-corrected chi connectivity index (χ0v) is 16.4. The van der Waals surface area contributed by atoms with Crippen LogP contribution >= 0.6 is 11.3 Å². The Balaban J connectivity index is 1.85. The quantitative estimate of drug-likeness (QED) is 0.570. The first kappa shape index (κ1) is 19.9. The molecule has 2 nitrogen and oxygen atoms in total.